The standard InChI is InChI=1S/C6H15O4P/c1-6(2)5-11(8,9)10-4-3-7/h6-7H,3-5H2,1-2H3,(H,8,9). The lowest BCUT2D eigenvalue weighted by molar-refractivity contribution is 0.182. The van der Waals surface area contributed by atoms with E-state index in [1.54, 1.807) is 0 Å². The first-order valence-electron chi connectivity index (χ1n) is 3.55. The molecule has 0 radical (unpaired) electrons. The molecule has 0 heterocycles. The largest absolute Gasteiger partial charge is 0.394 e. The van der Waals surface area contributed by atoms with Gasteiger partial charge < -0.3 is 14.5 Å². The summed E-state index contributed by atoms with van der Waals surface area (Å²) in [6.07, 6.45) is 0.146. The normalized spacial score (nSPS) is 16.8. The monoisotopic (exact) mass is 182 g/mol. The molecule has 4 nitrogen and oxygen atoms in total. The van der Waals surface area contributed by atoms with E-state index in [-0.39, 0.29) is 25.3 Å². The van der Waals surface area contributed by atoms with Crippen LogP contribution < -0.4 is 0 Å². The van der Waals surface area contributed by atoms with Gasteiger partial charge in [-0.15, -0.1) is 0 Å². The van der Waals surface area contributed by atoms with E-state index in [1.807, 2.05) is 13.8 Å². The maximum Gasteiger partial charge on any atom is 0.328 e. The highest BCUT2D eigenvalue weighted by molar-refractivity contribution is 7.52. The predicted octanol–water partition coefficient (Wildman–Crippen LogP) is 0.837. The second kappa shape index (κ2) is 4.88. The molecular weight excluding hydrogens is 167 g/mol. The van der Waals surface area contributed by atoms with Crippen molar-refractivity contribution in [2.45, 2.75) is 13.8 Å². The van der Waals surface area contributed by atoms with Gasteiger partial charge in [-0.05, 0) is 5.92 Å². The molecule has 11 heavy (non-hydrogen) atoms. The predicted molar refractivity (Wildman–Crippen MR) is 42.6 cm³/mol. The van der Waals surface area contributed by atoms with Crippen LogP contribution in [0.25, 0.3) is 0 Å². The average Bonchev–Trinajstić information content (AvgIpc) is 1.81. The van der Waals surface area contributed by atoms with E-state index < -0.39 is 7.60 Å². The molecule has 1 atom stereocenters. The summed E-state index contributed by atoms with van der Waals surface area (Å²) < 4.78 is 15.6. The van der Waals surface area contributed by atoms with Crippen LogP contribution in [0.5, 0.6) is 0 Å². The van der Waals surface area contributed by atoms with Gasteiger partial charge in [0.05, 0.1) is 19.4 Å². The van der Waals surface area contributed by atoms with Crippen LogP contribution in [0.15, 0.2) is 0 Å². The molecule has 0 saturated carbocycles. The molecule has 0 bridgehead atoms. The maximum absolute atomic E-state index is 11.0. The molecule has 0 fully saturated rings. The molecule has 1 unspecified atom stereocenters. The second-order valence-electron chi connectivity index (χ2n) is 2.77. The Morgan fingerprint density at radius 3 is 2.45 bits per heavy atom. The molecule has 0 aliphatic rings. The zero-order valence-electron chi connectivity index (χ0n) is 6.86. The van der Waals surface area contributed by atoms with E-state index in [9.17, 15) is 4.57 Å². The molecular formula is C6H15O4P. The first-order valence-corrected chi connectivity index (χ1v) is 5.31. The lowest BCUT2D eigenvalue weighted by atomic mass is 10.3. The Labute approximate surface area is 66.7 Å². The van der Waals surface area contributed by atoms with Crippen LogP contribution in [-0.2, 0) is 9.09 Å². The third-order valence-electron chi connectivity index (χ3n) is 0.980. The van der Waals surface area contributed by atoms with Gasteiger partial charge in [0, 0.05) is 0 Å². The SMILES string of the molecule is CC(C)CP(=O)(O)OCCO. The van der Waals surface area contributed by atoms with Crippen molar-refractivity contribution < 1.29 is 19.1 Å². The van der Waals surface area contributed by atoms with Gasteiger partial charge in [0.25, 0.3) is 0 Å². The van der Waals surface area contributed by atoms with Crippen LogP contribution in [0.3, 0.4) is 0 Å². The van der Waals surface area contributed by atoms with Gasteiger partial charge in [0.1, 0.15) is 0 Å². The number of rotatable bonds is 5. The van der Waals surface area contributed by atoms with Crippen molar-refractivity contribution in [3.63, 3.8) is 0 Å². The van der Waals surface area contributed by atoms with Crippen molar-refractivity contribution in [2.75, 3.05) is 19.4 Å². The topological polar surface area (TPSA) is 66.8 Å². The molecule has 0 aliphatic carbocycles. The third-order valence-corrected chi connectivity index (χ3v) is 2.76. The van der Waals surface area contributed by atoms with Gasteiger partial charge in [-0.1, -0.05) is 13.8 Å². The van der Waals surface area contributed by atoms with E-state index in [2.05, 4.69) is 4.52 Å². The highest BCUT2D eigenvalue weighted by Crippen LogP contribution is 2.43. The lowest BCUT2D eigenvalue weighted by Crippen LogP contribution is -2.03. The minimum Gasteiger partial charge on any atom is -0.394 e. The van der Waals surface area contributed by atoms with Crippen molar-refractivity contribution in [1.82, 2.24) is 0 Å². The van der Waals surface area contributed by atoms with Crippen LogP contribution in [0.2, 0.25) is 0 Å². The van der Waals surface area contributed by atoms with Crippen molar-refractivity contribution in [3.05, 3.63) is 0 Å². The van der Waals surface area contributed by atoms with Gasteiger partial charge in [-0.3, -0.25) is 4.57 Å². The first kappa shape index (κ1) is 11.1. The van der Waals surface area contributed by atoms with Gasteiger partial charge in [-0.25, -0.2) is 0 Å². The van der Waals surface area contributed by atoms with Crippen LogP contribution in [0, 0.1) is 5.92 Å². The Bertz CT molecular complexity index is 146. The molecule has 0 rings (SSSR count). The van der Waals surface area contributed by atoms with Gasteiger partial charge >= 0.3 is 7.60 Å². The molecule has 0 aromatic carbocycles. The summed E-state index contributed by atoms with van der Waals surface area (Å²) in [6, 6.07) is 0. The van der Waals surface area contributed by atoms with Crippen molar-refractivity contribution in [3.8, 4) is 0 Å². The molecule has 2 N–H and O–H groups in total. The van der Waals surface area contributed by atoms with Crippen molar-refractivity contribution in [2.24, 2.45) is 5.92 Å². The summed E-state index contributed by atoms with van der Waals surface area (Å²) in [6.45, 7) is 3.39. The van der Waals surface area contributed by atoms with Crippen molar-refractivity contribution >= 4 is 7.60 Å². The maximum atomic E-state index is 11.0. The minimum absolute atomic E-state index is 0.0690. The van der Waals surface area contributed by atoms with Crippen LogP contribution >= 0.6 is 7.60 Å². The Balaban J connectivity index is 3.71. The van der Waals surface area contributed by atoms with Crippen LogP contribution in [0.4, 0.5) is 0 Å². The fourth-order valence-corrected chi connectivity index (χ4v) is 2.09. The molecule has 0 aromatic heterocycles. The van der Waals surface area contributed by atoms with Gasteiger partial charge in [0.15, 0.2) is 0 Å². The fourth-order valence-electron chi connectivity index (χ4n) is 0.698. The smallest absolute Gasteiger partial charge is 0.328 e. The van der Waals surface area contributed by atoms with Gasteiger partial charge in [-0.2, -0.15) is 0 Å². The lowest BCUT2D eigenvalue weighted by Gasteiger charge is -2.12. The molecule has 0 aliphatic heterocycles. The Morgan fingerprint density at radius 1 is 1.55 bits per heavy atom. The quantitative estimate of drug-likeness (QED) is 0.618. The number of aliphatic hydroxyl groups excluding tert-OH is 1. The highest BCUT2D eigenvalue weighted by Gasteiger charge is 2.20. The minimum atomic E-state index is -3.43. The fraction of sp³-hybridized carbons (Fsp3) is 1.00. The molecule has 0 aromatic rings. The molecule has 0 amide bonds. The van der Waals surface area contributed by atoms with Crippen molar-refractivity contribution in [1.29, 1.82) is 0 Å². The van der Waals surface area contributed by atoms with E-state index in [1.165, 1.54) is 0 Å². The third kappa shape index (κ3) is 6.51. The number of hydrogen-bond donors (Lipinski definition) is 2. The molecule has 0 saturated heterocycles. The molecule has 5 heteroatoms. The highest BCUT2D eigenvalue weighted by atomic mass is 31.2. The summed E-state index contributed by atoms with van der Waals surface area (Å²) in [7, 11) is -3.43. The van der Waals surface area contributed by atoms with Crippen LogP contribution in [-0.4, -0.2) is 29.4 Å². The number of aliphatic hydroxyl groups is 1. The van der Waals surface area contributed by atoms with E-state index in [4.69, 9.17) is 10.00 Å². The zero-order chi connectivity index (χ0) is 8.91. The molecule has 68 valence electrons. The Hall–Kier alpha value is 0.110. The summed E-state index contributed by atoms with van der Waals surface area (Å²) in [5, 5.41) is 8.31. The summed E-state index contributed by atoms with van der Waals surface area (Å²) in [4.78, 5) is 9.04. The van der Waals surface area contributed by atoms with Gasteiger partial charge in [0.2, 0.25) is 0 Å². The van der Waals surface area contributed by atoms with Crippen LogP contribution in [0.1, 0.15) is 13.8 Å². The number of hydrogen-bond acceptors (Lipinski definition) is 3. The first-order chi connectivity index (χ1) is 4.98. The van der Waals surface area contributed by atoms with E-state index in [0.29, 0.717) is 0 Å². The van der Waals surface area contributed by atoms with E-state index >= 15 is 0 Å². The summed E-state index contributed by atoms with van der Waals surface area (Å²) in [5.74, 6) is 0.129. The average molecular weight is 182 g/mol. The molecule has 0 spiro atoms. The summed E-state index contributed by atoms with van der Waals surface area (Å²) in [5.41, 5.74) is 0. The Morgan fingerprint density at radius 2 is 2.09 bits per heavy atom. The van der Waals surface area contributed by atoms with E-state index in [0.717, 1.165) is 0 Å². The second-order valence-corrected chi connectivity index (χ2v) is 4.67. The summed E-state index contributed by atoms with van der Waals surface area (Å²) >= 11 is 0. The Kier molecular flexibility index (Phi) is 4.93. The zero-order valence-corrected chi connectivity index (χ0v) is 7.75.